The summed E-state index contributed by atoms with van der Waals surface area (Å²) < 4.78 is 0. The molecule has 23 valence electrons. The minimum atomic E-state index is 0.978. The van der Waals surface area contributed by atoms with Crippen molar-refractivity contribution in [2.24, 2.45) is 0 Å². The van der Waals surface area contributed by atoms with Crippen molar-refractivity contribution < 1.29 is 0 Å². The Labute approximate surface area is 31.9 Å². The molecule has 3 heteroatoms. The SMILES string of the molecule is CP[B]P. The summed E-state index contributed by atoms with van der Waals surface area (Å²) >= 11 is 0. The maximum absolute atomic E-state index is 2.54. The van der Waals surface area contributed by atoms with Crippen LogP contribution in [0.3, 0.4) is 0 Å². The zero-order valence-electron chi connectivity index (χ0n) is 2.65. The molecule has 0 bridgehead atoms. The van der Waals surface area contributed by atoms with Gasteiger partial charge in [0.2, 0.25) is 0 Å². The fourth-order valence-corrected chi connectivity index (χ4v) is 0. The first kappa shape index (κ1) is 4.92. The lowest BCUT2D eigenvalue weighted by Gasteiger charge is -1.65. The monoisotopic (exact) mass is 91.0 g/mol. The van der Waals surface area contributed by atoms with Gasteiger partial charge < -0.3 is 0 Å². The number of hydrogen-bond donors (Lipinski definition) is 0. The third-order valence-electron chi connectivity index (χ3n) is 0.167. The summed E-state index contributed by atoms with van der Waals surface area (Å²) in [4.78, 5) is 0. The fraction of sp³-hybridized carbons (Fsp3) is 1.00. The summed E-state index contributed by atoms with van der Waals surface area (Å²) in [6, 6.07) is 0. The molecule has 0 aliphatic carbocycles. The van der Waals surface area contributed by atoms with Crippen LogP contribution >= 0.6 is 17.6 Å². The van der Waals surface area contributed by atoms with E-state index >= 15 is 0 Å². The van der Waals surface area contributed by atoms with Gasteiger partial charge in [-0.05, 0) is 0 Å². The van der Waals surface area contributed by atoms with E-state index in [2.05, 4.69) is 22.5 Å². The normalized spacial score (nSPS) is 9.50. The van der Waals surface area contributed by atoms with E-state index in [-0.39, 0.29) is 0 Å². The molecule has 0 N–H and O–H groups in total. The van der Waals surface area contributed by atoms with Crippen LogP contribution in [0.15, 0.2) is 0 Å². The second kappa shape index (κ2) is 3.92. The van der Waals surface area contributed by atoms with Crippen molar-refractivity contribution in [2.75, 3.05) is 6.66 Å². The van der Waals surface area contributed by atoms with E-state index in [4.69, 9.17) is 0 Å². The minimum Gasteiger partial charge on any atom is -0.172 e. The molecule has 0 heterocycles. The fourth-order valence-electron chi connectivity index (χ4n) is 0. The zero-order chi connectivity index (χ0) is 3.41. The second-order valence-electron chi connectivity index (χ2n) is 0.455. The molecule has 4 heavy (non-hydrogen) atoms. The lowest BCUT2D eigenvalue weighted by molar-refractivity contribution is 2.51. The van der Waals surface area contributed by atoms with Crippen LogP contribution in [-0.2, 0) is 0 Å². The number of rotatable bonds is 1. The molecule has 0 amide bonds. The van der Waals surface area contributed by atoms with Crippen molar-refractivity contribution in [1.29, 1.82) is 0 Å². The molecule has 0 spiro atoms. The van der Waals surface area contributed by atoms with E-state index in [1.54, 1.807) is 0 Å². The van der Waals surface area contributed by atoms with Crippen LogP contribution in [0.2, 0.25) is 0 Å². The Bertz CT molecular complexity index is 8.00. The van der Waals surface area contributed by atoms with E-state index in [0.29, 0.717) is 0 Å². The highest BCUT2D eigenvalue weighted by Crippen LogP contribution is 1.99. The Morgan fingerprint density at radius 3 is 2.25 bits per heavy atom. The van der Waals surface area contributed by atoms with Crippen LogP contribution in [0.5, 0.6) is 0 Å². The van der Waals surface area contributed by atoms with Gasteiger partial charge in [0.1, 0.15) is 0 Å². The summed E-state index contributed by atoms with van der Waals surface area (Å²) in [5.41, 5.74) is 0. The van der Waals surface area contributed by atoms with Gasteiger partial charge in [0.05, 0.1) is 0 Å². The first-order chi connectivity index (χ1) is 1.91. The van der Waals surface area contributed by atoms with E-state index in [0.717, 1.165) is 8.46 Å². The molecule has 2 unspecified atom stereocenters. The van der Waals surface area contributed by atoms with E-state index < -0.39 is 0 Å². The average molecular weight is 90.8 g/mol. The molecule has 0 saturated heterocycles. The van der Waals surface area contributed by atoms with Crippen LogP contribution in [0.1, 0.15) is 0 Å². The van der Waals surface area contributed by atoms with Gasteiger partial charge in [0.15, 0.2) is 6.72 Å². The maximum atomic E-state index is 2.54. The maximum Gasteiger partial charge on any atom is 0.169 e. The van der Waals surface area contributed by atoms with Gasteiger partial charge in [0, 0.05) is 0 Å². The first-order valence-corrected chi connectivity index (χ1v) is 3.37. The van der Waals surface area contributed by atoms with E-state index in [1.165, 1.54) is 0 Å². The highest BCUT2D eigenvalue weighted by Gasteiger charge is 1.60. The molecular weight excluding hydrogens is 84.8 g/mol. The summed E-state index contributed by atoms with van der Waals surface area (Å²) in [6.45, 7) is 4.20. The van der Waals surface area contributed by atoms with Gasteiger partial charge in [-0.1, -0.05) is 6.66 Å². The Hall–Kier alpha value is 0.925. The Morgan fingerprint density at radius 1 is 2.00 bits per heavy atom. The van der Waals surface area contributed by atoms with Gasteiger partial charge in [0.25, 0.3) is 0 Å². The van der Waals surface area contributed by atoms with Crippen LogP contribution in [0.4, 0.5) is 0 Å². The second-order valence-corrected chi connectivity index (χ2v) is 2.37. The Balaban J connectivity index is 1.97. The van der Waals surface area contributed by atoms with Crippen molar-refractivity contribution >= 4 is 24.3 Å². The third-order valence-corrected chi connectivity index (χ3v) is 1.50. The predicted molar refractivity (Wildman–Crippen MR) is 29.7 cm³/mol. The van der Waals surface area contributed by atoms with Crippen LogP contribution in [0.25, 0.3) is 0 Å². The molecular formula is CH6BP2. The summed E-state index contributed by atoms with van der Waals surface area (Å²) in [7, 11) is 3.52. The van der Waals surface area contributed by atoms with Crippen molar-refractivity contribution in [3.63, 3.8) is 0 Å². The summed E-state index contributed by atoms with van der Waals surface area (Å²) in [5, 5.41) is 0. The van der Waals surface area contributed by atoms with E-state index in [1.807, 2.05) is 0 Å². The smallest absolute Gasteiger partial charge is 0.169 e. The van der Waals surface area contributed by atoms with Crippen molar-refractivity contribution in [3.8, 4) is 0 Å². The minimum absolute atomic E-state index is 0.978. The number of hydrogen-bond acceptors (Lipinski definition) is 0. The van der Waals surface area contributed by atoms with Crippen LogP contribution in [0, 0.1) is 0 Å². The molecule has 0 aromatic rings. The summed E-state index contributed by atoms with van der Waals surface area (Å²) in [5.74, 6) is 0. The molecule has 2 atom stereocenters. The molecule has 0 rings (SSSR count). The lowest BCUT2D eigenvalue weighted by Crippen LogP contribution is -1.46. The van der Waals surface area contributed by atoms with Gasteiger partial charge in [-0.25, -0.2) is 0 Å². The topological polar surface area (TPSA) is 0 Å². The summed E-state index contributed by atoms with van der Waals surface area (Å²) in [6.07, 6.45) is 0. The van der Waals surface area contributed by atoms with Crippen molar-refractivity contribution in [2.45, 2.75) is 0 Å². The van der Waals surface area contributed by atoms with Crippen LogP contribution in [-0.4, -0.2) is 13.4 Å². The first-order valence-electron chi connectivity index (χ1n) is 1.12. The highest BCUT2D eigenvalue weighted by molar-refractivity contribution is 7.94. The molecule has 0 aliphatic heterocycles. The van der Waals surface area contributed by atoms with Crippen LogP contribution < -0.4 is 0 Å². The lowest BCUT2D eigenvalue weighted by atomic mass is 10.7. The Kier molecular flexibility index (Phi) is 4.83. The molecule has 1 radical (unpaired) electrons. The van der Waals surface area contributed by atoms with Crippen molar-refractivity contribution in [3.05, 3.63) is 0 Å². The molecule has 0 nitrogen and oxygen atoms in total. The Morgan fingerprint density at radius 2 is 2.25 bits per heavy atom. The van der Waals surface area contributed by atoms with Crippen molar-refractivity contribution in [1.82, 2.24) is 0 Å². The van der Waals surface area contributed by atoms with Gasteiger partial charge in [-0.3, -0.25) is 0 Å². The standard InChI is InChI=1S/CH6BP2/c1-4-2-3/h4H,3H2,1H3. The zero-order valence-corrected chi connectivity index (χ0v) is 4.81. The molecule has 0 aliphatic rings. The molecule has 0 saturated carbocycles. The molecule has 0 aromatic carbocycles. The van der Waals surface area contributed by atoms with Gasteiger partial charge in [-0.15, -0.1) is 0 Å². The highest BCUT2D eigenvalue weighted by atomic mass is 31.1. The average Bonchev–Trinajstić information content (AvgIpc) is 1.37. The third kappa shape index (κ3) is 2.92. The van der Waals surface area contributed by atoms with Gasteiger partial charge in [-0.2, -0.15) is 17.6 Å². The molecule has 0 fully saturated rings. The molecule has 0 aromatic heterocycles. The predicted octanol–water partition coefficient (Wildman–Crippen LogP) is 0.704. The van der Waals surface area contributed by atoms with Gasteiger partial charge >= 0.3 is 0 Å². The van der Waals surface area contributed by atoms with E-state index in [9.17, 15) is 0 Å². The largest absolute Gasteiger partial charge is 0.172 e. The quantitative estimate of drug-likeness (QED) is 0.329.